The molecule has 1 aliphatic rings. The van der Waals surface area contributed by atoms with Crippen LogP contribution in [0.5, 0.6) is 0 Å². The predicted molar refractivity (Wildman–Crippen MR) is 14.2 cm³/mol. The van der Waals surface area contributed by atoms with Crippen molar-refractivity contribution in [3.05, 3.63) is 0 Å². The molecule has 0 aromatic carbocycles. The van der Waals surface area contributed by atoms with Gasteiger partial charge in [0.15, 0.2) is 0 Å². The molecule has 0 atom stereocenters. The molecule has 0 N–H and O–H groups in total. The molecule has 0 aliphatic carbocycles. The van der Waals surface area contributed by atoms with E-state index in [1.54, 1.807) is 16.5 Å². The first-order chi connectivity index (χ1) is 2.00. The van der Waals surface area contributed by atoms with Gasteiger partial charge in [-0.3, -0.25) is 0 Å². The van der Waals surface area contributed by atoms with Gasteiger partial charge in [0.05, 0.1) is 0 Å². The fourth-order valence-corrected chi connectivity index (χ4v) is 0.740. The average Bonchev–Trinajstić information content (AvgIpc) is 0.722. The Balaban J connectivity index is 2.00. The molecule has 26 valence electrons. The van der Waals surface area contributed by atoms with Gasteiger partial charge in [-0.15, -0.1) is 0 Å². The van der Waals surface area contributed by atoms with Crippen molar-refractivity contribution < 1.29 is 17.1 Å². The van der Waals surface area contributed by atoms with Gasteiger partial charge in [0, 0.05) is 0 Å². The Kier molecular flexibility index (Phi) is 0.828. The third-order valence-corrected chi connectivity index (χ3v) is 2.96. The minimum atomic E-state index is 0.920. The summed E-state index contributed by atoms with van der Waals surface area (Å²) in [4.78, 5) is 0. The summed E-state index contributed by atoms with van der Waals surface area (Å²) in [6, 6.07) is 0. The SMILES string of the molecule is C1[CH2][Ru][CH2]1. The van der Waals surface area contributed by atoms with Crippen molar-refractivity contribution in [3.63, 3.8) is 0 Å². The van der Waals surface area contributed by atoms with Gasteiger partial charge < -0.3 is 0 Å². The van der Waals surface area contributed by atoms with Crippen LogP contribution in [0, 0.1) is 0 Å². The van der Waals surface area contributed by atoms with E-state index in [9.17, 15) is 0 Å². The van der Waals surface area contributed by atoms with Crippen molar-refractivity contribution in [2.75, 3.05) is 0 Å². The molecule has 0 radical (unpaired) electrons. The summed E-state index contributed by atoms with van der Waals surface area (Å²) in [5.41, 5.74) is 0. The Labute approximate surface area is 34.2 Å². The molecular formula is C3H6Ru. The summed E-state index contributed by atoms with van der Waals surface area (Å²) in [6.07, 6.45) is 1.54. The van der Waals surface area contributed by atoms with Crippen molar-refractivity contribution in [2.24, 2.45) is 0 Å². The van der Waals surface area contributed by atoms with Gasteiger partial charge in [-0.05, 0) is 0 Å². The molecule has 0 unspecified atom stereocenters. The number of hydrogen-bond donors (Lipinski definition) is 0. The second-order valence-electron chi connectivity index (χ2n) is 0.884. The van der Waals surface area contributed by atoms with E-state index in [1.807, 2.05) is 0 Å². The Morgan fingerprint density at radius 3 is 1.50 bits per heavy atom. The van der Waals surface area contributed by atoms with Crippen LogP contribution in [0.3, 0.4) is 0 Å². The molecule has 1 aliphatic heterocycles. The first kappa shape index (κ1) is 2.84. The molecule has 0 bridgehead atoms. The average molecular weight is 143 g/mol. The van der Waals surface area contributed by atoms with Crippen LogP contribution in [0.1, 0.15) is 6.42 Å². The molecule has 0 aromatic rings. The van der Waals surface area contributed by atoms with Gasteiger partial charge in [-0.2, -0.15) is 0 Å². The second-order valence-corrected chi connectivity index (χ2v) is 3.49. The van der Waals surface area contributed by atoms with E-state index in [0.717, 1.165) is 17.1 Å². The Bertz CT molecular complexity index is 11.2. The fourth-order valence-electron chi connectivity index (χ4n) is 0.125. The molecule has 1 heteroatoms. The van der Waals surface area contributed by atoms with Gasteiger partial charge in [0.25, 0.3) is 0 Å². The van der Waals surface area contributed by atoms with Gasteiger partial charge in [-0.1, -0.05) is 0 Å². The van der Waals surface area contributed by atoms with Crippen molar-refractivity contribution in [1.82, 2.24) is 0 Å². The van der Waals surface area contributed by atoms with Crippen molar-refractivity contribution >= 4 is 0 Å². The van der Waals surface area contributed by atoms with E-state index in [4.69, 9.17) is 0 Å². The topological polar surface area (TPSA) is 0 Å². The summed E-state index contributed by atoms with van der Waals surface area (Å²) < 4.78 is 0. The normalized spacial score (nSPS) is 26.0. The van der Waals surface area contributed by atoms with Crippen molar-refractivity contribution in [3.8, 4) is 0 Å². The first-order valence-corrected chi connectivity index (χ1v) is 3.96. The number of hydrogen-bond acceptors (Lipinski definition) is 0. The zero-order valence-corrected chi connectivity index (χ0v) is 4.21. The standard InChI is InChI=1S/C3H6.Ru/c1-3-2;/h1-3H2;. The van der Waals surface area contributed by atoms with Gasteiger partial charge in [-0.25, -0.2) is 0 Å². The summed E-state index contributed by atoms with van der Waals surface area (Å²) in [6.45, 7) is 0. The van der Waals surface area contributed by atoms with E-state index < -0.39 is 0 Å². The van der Waals surface area contributed by atoms with Crippen LogP contribution in [0.4, 0.5) is 0 Å². The second kappa shape index (κ2) is 1.17. The van der Waals surface area contributed by atoms with E-state index in [-0.39, 0.29) is 0 Å². The molecule has 4 heavy (non-hydrogen) atoms. The molecule has 0 aromatic heterocycles. The molecule has 1 fully saturated rings. The third-order valence-electron chi connectivity index (χ3n) is 0.500. The van der Waals surface area contributed by atoms with Crippen LogP contribution in [-0.2, 0) is 17.1 Å². The third kappa shape index (κ3) is 0.323. The van der Waals surface area contributed by atoms with Crippen molar-refractivity contribution in [1.29, 1.82) is 0 Å². The Morgan fingerprint density at radius 2 is 1.50 bits per heavy atom. The summed E-state index contributed by atoms with van der Waals surface area (Å²) in [5, 5.41) is 3.18. The van der Waals surface area contributed by atoms with Gasteiger partial charge in [0.1, 0.15) is 0 Å². The maximum atomic E-state index is 1.59. The van der Waals surface area contributed by atoms with E-state index >= 15 is 0 Å². The zero-order valence-electron chi connectivity index (χ0n) is 2.47. The van der Waals surface area contributed by atoms with E-state index in [2.05, 4.69) is 0 Å². The van der Waals surface area contributed by atoms with Crippen LogP contribution < -0.4 is 0 Å². The quantitative estimate of drug-likeness (QED) is 0.448. The fraction of sp³-hybridized carbons (Fsp3) is 1.00. The molecule has 0 spiro atoms. The van der Waals surface area contributed by atoms with E-state index in [0.29, 0.717) is 0 Å². The summed E-state index contributed by atoms with van der Waals surface area (Å²) in [7, 11) is 0. The predicted octanol–water partition coefficient (Wildman–Crippen LogP) is 1.31. The summed E-state index contributed by atoms with van der Waals surface area (Å²) in [5.74, 6) is 0. The Hall–Kier alpha value is 0.623. The molecule has 1 rings (SSSR count). The molecule has 1 saturated heterocycles. The Morgan fingerprint density at radius 1 is 1.25 bits per heavy atom. The first-order valence-electron chi connectivity index (χ1n) is 1.50. The molecular weight excluding hydrogens is 137 g/mol. The van der Waals surface area contributed by atoms with Crippen molar-refractivity contribution in [2.45, 2.75) is 16.5 Å². The van der Waals surface area contributed by atoms with Crippen LogP contribution in [0.15, 0.2) is 0 Å². The van der Waals surface area contributed by atoms with Crippen LogP contribution >= 0.6 is 0 Å². The van der Waals surface area contributed by atoms with Gasteiger partial charge in [0.2, 0.25) is 0 Å². The molecule has 0 saturated carbocycles. The maximum absolute atomic E-state index is 1.59. The molecule has 0 amide bonds. The zero-order chi connectivity index (χ0) is 2.83. The summed E-state index contributed by atoms with van der Waals surface area (Å²) >= 11 is 0.920. The van der Waals surface area contributed by atoms with E-state index in [1.165, 1.54) is 0 Å². The van der Waals surface area contributed by atoms with Gasteiger partial charge >= 0.3 is 33.6 Å². The molecule has 0 nitrogen and oxygen atoms in total. The minimum absolute atomic E-state index is 0.920. The van der Waals surface area contributed by atoms with Crippen LogP contribution in [-0.4, -0.2) is 0 Å². The van der Waals surface area contributed by atoms with Crippen LogP contribution in [0.2, 0.25) is 10.0 Å². The monoisotopic (exact) mass is 144 g/mol. The molecule has 1 heterocycles. The van der Waals surface area contributed by atoms with Crippen LogP contribution in [0.25, 0.3) is 0 Å². The number of rotatable bonds is 0.